The number of carbonyl (C=O) groups excluding carboxylic acids is 1. The van der Waals surface area contributed by atoms with Crippen molar-refractivity contribution in [1.29, 1.82) is 0 Å². The van der Waals surface area contributed by atoms with Crippen LogP contribution in [0.25, 0.3) is 0 Å². The summed E-state index contributed by atoms with van der Waals surface area (Å²) in [6.45, 7) is 2.45. The summed E-state index contributed by atoms with van der Waals surface area (Å²) in [6.07, 6.45) is 4.44. The van der Waals surface area contributed by atoms with Gasteiger partial charge in [-0.1, -0.05) is 12.1 Å². The zero-order chi connectivity index (χ0) is 16.9. The Bertz CT molecular complexity index is 746. The first-order chi connectivity index (χ1) is 11.6. The van der Waals surface area contributed by atoms with Gasteiger partial charge in [-0.15, -0.1) is 0 Å². The van der Waals surface area contributed by atoms with Crippen LogP contribution in [0.2, 0.25) is 0 Å². The quantitative estimate of drug-likeness (QED) is 0.849. The third-order valence-electron chi connectivity index (χ3n) is 4.03. The molecule has 0 radical (unpaired) electrons. The van der Waals surface area contributed by atoms with Gasteiger partial charge in [-0.05, 0) is 50.3 Å². The molecule has 126 valence electrons. The van der Waals surface area contributed by atoms with Crippen molar-refractivity contribution in [3.05, 3.63) is 46.9 Å². The maximum Gasteiger partial charge on any atom is 0.255 e. The molecule has 1 aromatic heterocycles. The fourth-order valence-corrected chi connectivity index (χ4v) is 2.95. The van der Waals surface area contributed by atoms with Gasteiger partial charge in [0, 0.05) is 17.8 Å². The minimum absolute atomic E-state index is 0.116. The number of aromatic nitrogens is 2. The van der Waals surface area contributed by atoms with E-state index in [0.717, 1.165) is 30.0 Å². The van der Waals surface area contributed by atoms with E-state index in [4.69, 9.17) is 10.5 Å². The minimum Gasteiger partial charge on any atom is -0.484 e. The molecule has 0 bridgehead atoms. The molecule has 0 saturated carbocycles. The molecule has 0 aliphatic heterocycles. The lowest BCUT2D eigenvalue weighted by Gasteiger charge is -2.19. The van der Waals surface area contributed by atoms with Crippen LogP contribution in [-0.2, 0) is 24.2 Å². The lowest BCUT2D eigenvalue weighted by atomic mass is 9.96. The number of aryl methyl sites for hydroxylation is 2. The van der Waals surface area contributed by atoms with Gasteiger partial charge < -0.3 is 15.8 Å². The molecule has 6 nitrogen and oxygen atoms in total. The fraction of sp³-hybridized carbons (Fsp3) is 0.389. The SMILES string of the molecule is Cc1nc2c(c(NCc3cccc(OCC(N)=O)c3)n1)CCCC2. The number of fused-ring (bicyclic) bond motifs is 1. The molecule has 1 amide bonds. The third-order valence-corrected chi connectivity index (χ3v) is 4.03. The second-order valence-electron chi connectivity index (χ2n) is 6.01. The molecule has 2 aromatic rings. The number of nitrogens with zero attached hydrogens (tertiary/aromatic N) is 2. The van der Waals surface area contributed by atoms with Crippen LogP contribution < -0.4 is 15.8 Å². The van der Waals surface area contributed by atoms with Crippen LogP contribution in [0.15, 0.2) is 24.3 Å². The molecule has 1 aromatic carbocycles. The number of rotatable bonds is 6. The third kappa shape index (κ3) is 4.01. The Morgan fingerprint density at radius 2 is 2.12 bits per heavy atom. The van der Waals surface area contributed by atoms with E-state index in [1.807, 2.05) is 31.2 Å². The number of nitrogens with one attached hydrogen (secondary N) is 1. The van der Waals surface area contributed by atoms with Gasteiger partial charge in [0.2, 0.25) is 0 Å². The van der Waals surface area contributed by atoms with Crippen molar-refractivity contribution in [2.75, 3.05) is 11.9 Å². The first kappa shape index (κ1) is 16.2. The summed E-state index contributed by atoms with van der Waals surface area (Å²) < 4.78 is 5.34. The Morgan fingerprint density at radius 3 is 2.96 bits per heavy atom. The summed E-state index contributed by atoms with van der Waals surface area (Å²) in [5.74, 6) is 1.88. The molecule has 3 rings (SSSR count). The Kier molecular flexibility index (Phi) is 4.93. The number of primary amides is 1. The molecule has 1 aliphatic rings. The van der Waals surface area contributed by atoms with Crippen LogP contribution in [0.3, 0.4) is 0 Å². The van der Waals surface area contributed by atoms with Crippen molar-refractivity contribution in [2.24, 2.45) is 5.73 Å². The number of ether oxygens (including phenoxy) is 1. The summed E-state index contributed by atoms with van der Waals surface area (Å²) in [7, 11) is 0. The molecule has 0 unspecified atom stereocenters. The highest BCUT2D eigenvalue weighted by Crippen LogP contribution is 2.26. The highest BCUT2D eigenvalue weighted by atomic mass is 16.5. The lowest BCUT2D eigenvalue weighted by Crippen LogP contribution is -2.20. The number of benzene rings is 1. The van der Waals surface area contributed by atoms with E-state index in [0.29, 0.717) is 12.3 Å². The van der Waals surface area contributed by atoms with Crippen molar-refractivity contribution in [2.45, 2.75) is 39.2 Å². The highest BCUT2D eigenvalue weighted by molar-refractivity contribution is 5.75. The molecule has 1 heterocycles. The Labute approximate surface area is 141 Å². The Morgan fingerprint density at radius 1 is 1.29 bits per heavy atom. The average Bonchev–Trinajstić information content (AvgIpc) is 2.58. The zero-order valence-electron chi connectivity index (χ0n) is 13.8. The maximum atomic E-state index is 10.8. The standard InChI is InChI=1S/C18H22N4O2/c1-12-21-16-8-3-2-7-15(16)18(22-12)20-10-13-5-4-6-14(9-13)24-11-17(19)23/h4-6,9H,2-3,7-8,10-11H2,1H3,(H2,19,23)(H,20,21,22). The second-order valence-corrected chi connectivity index (χ2v) is 6.01. The van der Waals surface area contributed by atoms with E-state index in [-0.39, 0.29) is 6.61 Å². The van der Waals surface area contributed by atoms with E-state index < -0.39 is 5.91 Å². The molecular weight excluding hydrogens is 304 g/mol. The van der Waals surface area contributed by atoms with Crippen LogP contribution in [0.1, 0.15) is 35.5 Å². The number of nitrogens with two attached hydrogens (primary N) is 1. The topological polar surface area (TPSA) is 90.1 Å². The molecule has 0 atom stereocenters. The van der Waals surface area contributed by atoms with Crippen molar-refractivity contribution in [3.8, 4) is 5.75 Å². The molecule has 3 N–H and O–H groups in total. The van der Waals surface area contributed by atoms with Crippen molar-refractivity contribution in [1.82, 2.24) is 9.97 Å². The normalized spacial score (nSPS) is 13.2. The number of carbonyl (C=O) groups is 1. The van der Waals surface area contributed by atoms with Crippen molar-refractivity contribution in [3.63, 3.8) is 0 Å². The van der Waals surface area contributed by atoms with Crippen molar-refractivity contribution < 1.29 is 9.53 Å². The number of hydrogen-bond acceptors (Lipinski definition) is 5. The van der Waals surface area contributed by atoms with Gasteiger partial charge >= 0.3 is 0 Å². The van der Waals surface area contributed by atoms with Crippen LogP contribution in [0, 0.1) is 6.92 Å². The van der Waals surface area contributed by atoms with Crippen LogP contribution in [0.5, 0.6) is 5.75 Å². The van der Waals surface area contributed by atoms with E-state index in [9.17, 15) is 4.79 Å². The summed E-state index contributed by atoms with van der Waals surface area (Å²) in [5, 5.41) is 3.42. The number of hydrogen-bond donors (Lipinski definition) is 2. The highest BCUT2D eigenvalue weighted by Gasteiger charge is 2.16. The number of amides is 1. The lowest BCUT2D eigenvalue weighted by molar-refractivity contribution is -0.119. The number of anilines is 1. The largest absolute Gasteiger partial charge is 0.484 e. The summed E-state index contributed by atoms with van der Waals surface area (Å²) in [6, 6.07) is 7.61. The summed E-state index contributed by atoms with van der Waals surface area (Å²) >= 11 is 0. The fourth-order valence-electron chi connectivity index (χ4n) is 2.95. The monoisotopic (exact) mass is 326 g/mol. The van der Waals surface area contributed by atoms with Gasteiger partial charge in [0.15, 0.2) is 6.61 Å². The second kappa shape index (κ2) is 7.29. The Hall–Kier alpha value is -2.63. The molecule has 1 aliphatic carbocycles. The van der Waals surface area contributed by atoms with Gasteiger partial charge in [0.1, 0.15) is 17.4 Å². The van der Waals surface area contributed by atoms with Gasteiger partial charge in [0.25, 0.3) is 5.91 Å². The van der Waals surface area contributed by atoms with Crippen LogP contribution in [-0.4, -0.2) is 22.5 Å². The minimum atomic E-state index is -0.485. The maximum absolute atomic E-state index is 10.8. The first-order valence-electron chi connectivity index (χ1n) is 8.22. The molecule has 6 heteroatoms. The summed E-state index contributed by atoms with van der Waals surface area (Å²) in [5.41, 5.74) is 8.57. The Balaban J connectivity index is 1.71. The zero-order valence-corrected chi connectivity index (χ0v) is 13.8. The molecule has 0 saturated heterocycles. The smallest absolute Gasteiger partial charge is 0.255 e. The van der Waals surface area contributed by atoms with Gasteiger partial charge in [-0.2, -0.15) is 0 Å². The molecule has 0 fully saturated rings. The predicted molar refractivity (Wildman–Crippen MR) is 91.9 cm³/mol. The van der Waals surface area contributed by atoms with E-state index in [1.54, 1.807) is 0 Å². The molecule has 0 spiro atoms. The molecular formula is C18H22N4O2. The predicted octanol–water partition coefficient (Wildman–Crippen LogP) is 2.14. The van der Waals surface area contributed by atoms with Gasteiger partial charge in [-0.25, -0.2) is 9.97 Å². The van der Waals surface area contributed by atoms with Crippen molar-refractivity contribution >= 4 is 11.7 Å². The summed E-state index contributed by atoms with van der Waals surface area (Å²) in [4.78, 5) is 19.9. The first-order valence-corrected chi connectivity index (χ1v) is 8.22. The van der Waals surface area contributed by atoms with Gasteiger partial charge in [0.05, 0.1) is 0 Å². The van der Waals surface area contributed by atoms with E-state index >= 15 is 0 Å². The molecule has 24 heavy (non-hydrogen) atoms. The van der Waals surface area contributed by atoms with E-state index in [1.165, 1.54) is 24.1 Å². The van der Waals surface area contributed by atoms with Gasteiger partial charge in [-0.3, -0.25) is 4.79 Å². The van der Waals surface area contributed by atoms with Crippen LogP contribution in [0.4, 0.5) is 5.82 Å². The van der Waals surface area contributed by atoms with Crippen LogP contribution >= 0.6 is 0 Å². The average molecular weight is 326 g/mol. The van der Waals surface area contributed by atoms with E-state index in [2.05, 4.69) is 15.3 Å².